The molecule has 3 nitrogen and oxygen atoms in total. The predicted octanol–water partition coefficient (Wildman–Crippen LogP) is 1.90. The van der Waals surface area contributed by atoms with E-state index in [1.54, 1.807) is 31.2 Å². The summed E-state index contributed by atoms with van der Waals surface area (Å²) >= 11 is 0. The van der Waals surface area contributed by atoms with Gasteiger partial charge in [-0.1, -0.05) is 12.1 Å². The number of phenols is 1. The van der Waals surface area contributed by atoms with E-state index in [1.165, 1.54) is 0 Å². The molecule has 1 unspecified atom stereocenters. The minimum absolute atomic E-state index is 0.191. The van der Waals surface area contributed by atoms with Crippen molar-refractivity contribution >= 4 is 0 Å². The van der Waals surface area contributed by atoms with Crippen LogP contribution in [0.4, 0.5) is 0 Å². The lowest BCUT2D eigenvalue weighted by Crippen LogP contribution is -2.24. The van der Waals surface area contributed by atoms with Gasteiger partial charge in [0.15, 0.2) is 0 Å². The van der Waals surface area contributed by atoms with Crippen molar-refractivity contribution in [1.29, 1.82) is 0 Å². The number of aliphatic hydroxyl groups is 1. The molecule has 3 heteroatoms. The summed E-state index contributed by atoms with van der Waals surface area (Å²) in [6, 6.07) is 6.49. The Hall–Kier alpha value is -1.48. The molecule has 1 aliphatic rings. The average molecular weight is 206 g/mol. The summed E-state index contributed by atoms with van der Waals surface area (Å²) in [6.45, 7) is 2.32. The second kappa shape index (κ2) is 3.59. The van der Waals surface area contributed by atoms with E-state index in [0.717, 1.165) is 6.42 Å². The van der Waals surface area contributed by atoms with Crippen molar-refractivity contribution in [3.63, 3.8) is 0 Å². The van der Waals surface area contributed by atoms with Crippen molar-refractivity contribution < 1.29 is 14.9 Å². The Morgan fingerprint density at radius 2 is 1.93 bits per heavy atom. The lowest BCUT2D eigenvalue weighted by molar-refractivity contribution is 0.0317. The first-order valence-corrected chi connectivity index (χ1v) is 4.96. The molecule has 0 fully saturated rings. The monoisotopic (exact) mass is 206 g/mol. The third kappa shape index (κ3) is 1.83. The second-order valence-corrected chi connectivity index (χ2v) is 3.82. The number of rotatable bonds is 2. The number of aromatic hydroxyl groups is 1. The smallest absolute Gasteiger partial charge is 0.143 e. The first-order valence-electron chi connectivity index (χ1n) is 4.96. The molecule has 1 heterocycles. The van der Waals surface area contributed by atoms with Crippen LogP contribution in [0.25, 0.3) is 0 Å². The number of hydrogen-bond donors (Lipinski definition) is 2. The topological polar surface area (TPSA) is 49.7 Å². The molecule has 0 bridgehead atoms. The summed E-state index contributed by atoms with van der Waals surface area (Å²) in [6.07, 6.45) is 2.73. The first-order chi connectivity index (χ1) is 7.10. The van der Waals surface area contributed by atoms with Crippen LogP contribution < -0.4 is 0 Å². The lowest BCUT2D eigenvalue weighted by Gasteiger charge is -2.24. The van der Waals surface area contributed by atoms with E-state index < -0.39 is 5.60 Å². The molecule has 1 atom stereocenters. The molecule has 1 aliphatic heterocycles. The summed E-state index contributed by atoms with van der Waals surface area (Å²) < 4.78 is 5.35. The number of benzene rings is 1. The van der Waals surface area contributed by atoms with Gasteiger partial charge in [0, 0.05) is 6.42 Å². The fraction of sp³-hybridized carbons (Fsp3) is 0.333. The van der Waals surface area contributed by atoms with Gasteiger partial charge in [0.05, 0.1) is 6.61 Å². The second-order valence-electron chi connectivity index (χ2n) is 3.82. The van der Waals surface area contributed by atoms with Crippen molar-refractivity contribution in [3.8, 4) is 5.75 Å². The average Bonchev–Trinajstić information content (AvgIpc) is 2.71. The van der Waals surface area contributed by atoms with Crippen LogP contribution in [0.2, 0.25) is 0 Å². The van der Waals surface area contributed by atoms with Gasteiger partial charge in [0.1, 0.15) is 17.1 Å². The van der Waals surface area contributed by atoms with Gasteiger partial charge in [-0.3, -0.25) is 0 Å². The van der Waals surface area contributed by atoms with Crippen LogP contribution in [0.3, 0.4) is 0 Å². The zero-order chi connectivity index (χ0) is 10.9. The minimum Gasteiger partial charge on any atom is -0.508 e. The Kier molecular flexibility index (Phi) is 2.40. The Morgan fingerprint density at radius 3 is 2.47 bits per heavy atom. The molecular weight excluding hydrogens is 192 g/mol. The van der Waals surface area contributed by atoms with Crippen LogP contribution in [-0.2, 0) is 10.3 Å². The maximum atomic E-state index is 10.3. The van der Waals surface area contributed by atoms with Crippen molar-refractivity contribution in [2.24, 2.45) is 0 Å². The van der Waals surface area contributed by atoms with Gasteiger partial charge in [-0.15, -0.1) is 0 Å². The van der Waals surface area contributed by atoms with Crippen molar-refractivity contribution in [2.45, 2.75) is 18.9 Å². The maximum Gasteiger partial charge on any atom is 0.143 e. The van der Waals surface area contributed by atoms with Crippen LogP contribution >= 0.6 is 0 Å². The van der Waals surface area contributed by atoms with Crippen molar-refractivity contribution in [1.82, 2.24) is 0 Å². The Labute approximate surface area is 88.6 Å². The zero-order valence-corrected chi connectivity index (χ0v) is 8.60. The molecular formula is C12H14O3. The molecule has 80 valence electrons. The highest BCUT2D eigenvalue weighted by Crippen LogP contribution is 2.33. The Bertz CT molecular complexity index is 376. The fourth-order valence-electron chi connectivity index (χ4n) is 1.69. The van der Waals surface area contributed by atoms with Crippen LogP contribution in [0, 0.1) is 0 Å². The molecule has 2 N–H and O–H groups in total. The molecule has 0 aromatic heterocycles. The van der Waals surface area contributed by atoms with Crippen molar-refractivity contribution in [2.75, 3.05) is 6.61 Å². The molecule has 0 saturated carbocycles. The zero-order valence-electron chi connectivity index (χ0n) is 8.60. The minimum atomic E-state index is -1.11. The highest BCUT2D eigenvalue weighted by atomic mass is 16.5. The third-order valence-electron chi connectivity index (χ3n) is 2.61. The van der Waals surface area contributed by atoms with E-state index >= 15 is 0 Å². The first kappa shape index (κ1) is 10.1. The molecule has 2 rings (SSSR count). The van der Waals surface area contributed by atoms with Crippen molar-refractivity contribution in [3.05, 3.63) is 41.7 Å². The molecule has 0 radical (unpaired) electrons. The summed E-state index contributed by atoms with van der Waals surface area (Å²) in [5.41, 5.74) is -0.391. The lowest BCUT2D eigenvalue weighted by atomic mass is 9.93. The fourth-order valence-corrected chi connectivity index (χ4v) is 1.69. The number of hydrogen-bond acceptors (Lipinski definition) is 3. The van der Waals surface area contributed by atoms with Crippen LogP contribution in [0.1, 0.15) is 18.9 Å². The molecule has 1 aromatic carbocycles. The standard InChI is InChI=1S/C12H14O3/c1-12(14,11-3-2-8-15-11)9-4-6-10(13)7-5-9/h3-7,13-14H,2,8H2,1H3. The summed E-state index contributed by atoms with van der Waals surface area (Å²) in [5, 5.41) is 19.5. The van der Waals surface area contributed by atoms with Gasteiger partial charge in [0.2, 0.25) is 0 Å². The number of phenolic OH excluding ortho intramolecular Hbond substituents is 1. The van der Waals surface area contributed by atoms with Gasteiger partial charge in [-0.2, -0.15) is 0 Å². The van der Waals surface area contributed by atoms with Crippen LogP contribution in [0.15, 0.2) is 36.1 Å². The maximum absolute atomic E-state index is 10.3. The normalized spacial score (nSPS) is 19.2. The summed E-state index contributed by atoms with van der Waals surface area (Å²) in [4.78, 5) is 0. The summed E-state index contributed by atoms with van der Waals surface area (Å²) in [5.74, 6) is 0.782. The van der Waals surface area contributed by atoms with E-state index in [9.17, 15) is 5.11 Å². The van der Waals surface area contributed by atoms with Gasteiger partial charge in [0.25, 0.3) is 0 Å². The van der Waals surface area contributed by atoms with Crippen LogP contribution in [0.5, 0.6) is 5.75 Å². The number of ether oxygens (including phenoxy) is 1. The molecule has 0 aliphatic carbocycles. The van der Waals surface area contributed by atoms with E-state index in [0.29, 0.717) is 17.9 Å². The van der Waals surface area contributed by atoms with E-state index in [2.05, 4.69) is 0 Å². The Balaban J connectivity index is 2.32. The summed E-state index contributed by atoms with van der Waals surface area (Å²) in [7, 11) is 0. The highest BCUT2D eigenvalue weighted by molar-refractivity contribution is 5.34. The highest BCUT2D eigenvalue weighted by Gasteiger charge is 2.31. The third-order valence-corrected chi connectivity index (χ3v) is 2.61. The van der Waals surface area contributed by atoms with Gasteiger partial charge < -0.3 is 14.9 Å². The molecule has 0 spiro atoms. The molecule has 1 aromatic rings. The van der Waals surface area contributed by atoms with E-state index in [-0.39, 0.29) is 5.75 Å². The quantitative estimate of drug-likeness (QED) is 0.777. The van der Waals surface area contributed by atoms with Crippen LogP contribution in [-0.4, -0.2) is 16.8 Å². The van der Waals surface area contributed by atoms with Gasteiger partial charge in [-0.05, 0) is 30.7 Å². The molecule has 0 amide bonds. The molecule has 15 heavy (non-hydrogen) atoms. The van der Waals surface area contributed by atoms with Gasteiger partial charge >= 0.3 is 0 Å². The Morgan fingerprint density at radius 1 is 1.27 bits per heavy atom. The molecule has 0 saturated heterocycles. The largest absolute Gasteiger partial charge is 0.508 e. The van der Waals surface area contributed by atoms with E-state index in [1.807, 2.05) is 6.08 Å². The SMILES string of the molecule is CC(O)(C1=CCCO1)c1ccc(O)cc1. The predicted molar refractivity (Wildman–Crippen MR) is 56.3 cm³/mol. The van der Waals surface area contributed by atoms with Gasteiger partial charge in [-0.25, -0.2) is 0 Å². The van der Waals surface area contributed by atoms with E-state index in [4.69, 9.17) is 9.84 Å².